The maximum atomic E-state index is 14.7. The number of aromatic amines is 2. The lowest BCUT2D eigenvalue weighted by Gasteiger charge is -2.22. The van der Waals surface area contributed by atoms with Gasteiger partial charge in [0.05, 0.1) is 11.0 Å². The van der Waals surface area contributed by atoms with Gasteiger partial charge in [-0.1, -0.05) is 106 Å². The second-order valence-electron chi connectivity index (χ2n) is 10.9. The Hall–Kier alpha value is -4.18. The standard InChI is InChI=1S/C37H42FN3/c1-7-15-31(32-18-13-14-19-34(32)38)33-24-36(39-27(33)6)37-26(5)35(40-41-37)21-20-25(4)30(9-3)23-28(8-2)22-29-16-11-10-12-17-29/h7-9,13-15,18-21,23-24,29,39-40H,1-2,5,10-12,16-17,22H2,3-4,6H3/b25-20+,28-23+,30-9+,31-15-,35-21+. The Labute approximate surface area is 244 Å². The highest BCUT2D eigenvalue weighted by Gasteiger charge is 2.17. The van der Waals surface area contributed by atoms with Gasteiger partial charge in [-0.25, -0.2) is 4.39 Å². The molecular weight excluding hydrogens is 505 g/mol. The lowest BCUT2D eigenvalue weighted by Crippen LogP contribution is -2.21. The van der Waals surface area contributed by atoms with E-state index in [0.717, 1.165) is 56.7 Å². The molecule has 1 aromatic carbocycles. The summed E-state index contributed by atoms with van der Waals surface area (Å²) >= 11 is 0. The molecule has 0 unspecified atom stereocenters. The van der Waals surface area contributed by atoms with Crippen molar-refractivity contribution in [2.75, 3.05) is 0 Å². The molecule has 0 radical (unpaired) electrons. The van der Waals surface area contributed by atoms with Crippen LogP contribution in [-0.4, -0.2) is 15.2 Å². The molecular formula is C37H42FN3. The molecule has 3 aromatic rings. The normalized spacial score (nSPS) is 16.3. The largest absolute Gasteiger partial charge is 0.357 e. The Kier molecular flexibility index (Phi) is 10.1. The maximum Gasteiger partial charge on any atom is 0.131 e. The summed E-state index contributed by atoms with van der Waals surface area (Å²) in [7, 11) is 0. The topological polar surface area (TPSA) is 44.5 Å². The Balaban J connectivity index is 1.60. The van der Waals surface area contributed by atoms with Crippen molar-refractivity contribution in [1.29, 1.82) is 0 Å². The average Bonchev–Trinajstić information content (AvgIpc) is 3.55. The summed E-state index contributed by atoms with van der Waals surface area (Å²) < 4.78 is 14.7. The van der Waals surface area contributed by atoms with Crippen molar-refractivity contribution in [2.24, 2.45) is 5.92 Å². The summed E-state index contributed by atoms with van der Waals surface area (Å²) in [4.78, 5) is 3.42. The SMILES string of the molecule is C=C/C=C(/c1ccccc1F)c1cc(-c2n[nH]/c(=C/C=C(C)/C(/C=C(\C=C)CC3CCCCC3)=C/C)c2=C)[nH]c1C. The van der Waals surface area contributed by atoms with Crippen molar-refractivity contribution in [3.8, 4) is 11.4 Å². The van der Waals surface area contributed by atoms with Crippen LogP contribution in [0.15, 0.2) is 96.7 Å². The van der Waals surface area contributed by atoms with Gasteiger partial charge in [0.15, 0.2) is 0 Å². The highest BCUT2D eigenvalue weighted by Crippen LogP contribution is 2.31. The van der Waals surface area contributed by atoms with Crippen LogP contribution >= 0.6 is 0 Å². The molecule has 0 aliphatic heterocycles. The number of hydrogen-bond acceptors (Lipinski definition) is 1. The van der Waals surface area contributed by atoms with E-state index in [2.05, 4.69) is 67.0 Å². The zero-order valence-corrected chi connectivity index (χ0v) is 24.7. The van der Waals surface area contributed by atoms with Gasteiger partial charge in [-0.15, -0.1) is 0 Å². The number of nitrogens with one attached hydrogen (secondary N) is 2. The van der Waals surface area contributed by atoms with Crippen LogP contribution in [0.25, 0.3) is 29.6 Å². The van der Waals surface area contributed by atoms with Crippen molar-refractivity contribution in [2.45, 2.75) is 59.3 Å². The van der Waals surface area contributed by atoms with Gasteiger partial charge in [-0.3, -0.25) is 5.10 Å². The van der Waals surface area contributed by atoms with Crippen molar-refractivity contribution in [3.63, 3.8) is 0 Å². The van der Waals surface area contributed by atoms with Gasteiger partial charge in [0, 0.05) is 22.0 Å². The molecule has 4 heteroatoms. The monoisotopic (exact) mass is 547 g/mol. The number of benzene rings is 1. The predicted octanol–water partition coefficient (Wildman–Crippen LogP) is 8.64. The highest BCUT2D eigenvalue weighted by atomic mass is 19.1. The van der Waals surface area contributed by atoms with Crippen LogP contribution in [0.3, 0.4) is 0 Å². The summed E-state index contributed by atoms with van der Waals surface area (Å²) in [6, 6.07) is 8.78. The van der Waals surface area contributed by atoms with E-state index in [9.17, 15) is 4.39 Å². The Morgan fingerprint density at radius 1 is 1.10 bits per heavy atom. The molecule has 1 saturated carbocycles. The number of halogens is 1. The fourth-order valence-electron chi connectivity index (χ4n) is 5.68. The quantitative estimate of drug-likeness (QED) is 0.245. The zero-order chi connectivity index (χ0) is 29.4. The summed E-state index contributed by atoms with van der Waals surface area (Å²) in [5, 5.41) is 9.35. The number of rotatable bonds is 10. The van der Waals surface area contributed by atoms with E-state index >= 15 is 0 Å². The van der Waals surface area contributed by atoms with Crippen LogP contribution in [0, 0.1) is 18.7 Å². The van der Waals surface area contributed by atoms with Crippen LogP contribution in [0.4, 0.5) is 4.39 Å². The van der Waals surface area contributed by atoms with E-state index in [1.807, 2.05) is 37.3 Å². The second-order valence-corrected chi connectivity index (χ2v) is 10.9. The third-order valence-corrected chi connectivity index (χ3v) is 8.03. The number of allylic oxidation sites excluding steroid dienone is 9. The summed E-state index contributed by atoms with van der Waals surface area (Å²) in [6.45, 7) is 18.4. The van der Waals surface area contributed by atoms with Crippen LogP contribution < -0.4 is 10.6 Å². The smallest absolute Gasteiger partial charge is 0.131 e. The van der Waals surface area contributed by atoms with Crippen LogP contribution in [0.5, 0.6) is 0 Å². The Morgan fingerprint density at radius 2 is 1.85 bits per heavy atom. The maximum absolute atomic E-state index is 14.7. The molecule has 1 fully saturated rings. The van der Waals surface area contributed by atoms with Crippen molar-refractivity contribution >= 4 is 18.2 Å². The number of H-pyrrole nitrogens is 2. The molecule has 4 rings (SSSR count). The predicted molar refractivity (Wildman–Crippen MR) is 173 cm³/mol. The first kappa shape index (κ1) is 29.8. The minimum absolute atomic E-state index is 0.274. The van der Waals surface area contributed by atoms with E-state index in [1.165, 1.54) is 49.3 Å². The van der Waals surface area contributed by atoms with Crippen molar-refractivity contribution < 1.29 is 4.39 Å². The van der Waals surface area contributed by atoms with E-state index in [0.29, 0.717) is 5.56 Å². The molecule has 2 N–H and O–H groups in total. The first-order chi connectivity index (χ1) is 19.9. The fraction of sp³-hybridized carbons (Fsp3) is 0.270. The van der Waals surface area contributed by atoms with Crippen molar-refractivity contribution in [3.05, 3.63) is 130 Å². The molecule has 0 atom stereocenters. The third-order valence-electron chi connectivity index (χ3n) is 8.03. The average molecular weight is 548 g/mol. The fourth-order valence-corrected chi connectivity index (χ4v) is 5.68. The van der Waals surface area contributed by atoms with Gasteiger partial charge in [0.2, 0.25) is 0 Å². The molecule has 0 bridgehead atoms. The number of aryl methyl sites for hydroxylation is 1. The minimum atomic E-state index is -0.274. The van der Waals surface area contributed by atoms with Gasteiger partial charge in [-0.05, 0) is 73.6 Å². The van der Waals surface area contributed by atoms with Crippen LogP contribution in [0.1, 0.15) is 69.2 Å². The van der Waals surface area contributed by atoms with Gasteiger partial charge >= 0.3 is 0 Å². The van der Waals surface area contributed by atoms with Gasteiger partial charge in [-0.2, -0.15) is 5.10 Å². The van der Waals surface area contributed by atoms with Crippen LogP contribution in [-0.2, 0) is 0 Å². The summed E-state index contributed by atoms with van der Waals surface area (Å²) in [5.74, 6) is 0.496. The molecule has 1 aliphatic rings. The molecule has 1 aliphatic carbocycles. The third kappa shape index (κ3) is 7.13. The van der Waals surface area contributed by atoms with Gasteiger partial charge in [0.1, 0.15) is 11.5 Å². The van der Waals surface area contributed by atoms with E-state index in [1.54, 1.807) is 18.2 Å². The minimum Gasteiger partial charge on any atom is -0.357 e. The molecule has 0 amide bonds. The first-order valence-electron chi connectivity index (χ1n) is 14.6. The molecule has 212 valence electrons. The number of aromatic nitrogens is 3. The zero-order valence-electron chi connectivity index (χ0n) is 24.7. The Bertz CT molecular complexity index is 1630. The first-order valence-corrected chi connectivity index (χ1v) is 14.6. The van der Waals surface area contributed by atoms with E-state index in [4.69, 9.17) is 0 Å². The molecule has 0 spiro atoms. The number of hydrogen-bond donors (Lipinski definition) is 2. The second kappa shape index (κ2) is 13.9. The van der Waals surface area contributed by atoms with E-state index in [-0.39, 0.29) is 5.82 Å². The Morgan fingerprint density at radius 3 is 2.54 bits per heavy atom. The molecule has 0 saturated heterocycles. The molecule has 3 nitrogen and oxygen atoms in total. The van der Waals surface area contributed by atoms with Gasteiger partial charge < -0.3 is 4.98 Å². The van der Waals surface area contributed by atoms with E-state index < -0.39 is 0 Å². The lowest BCUT2D eigenvalue weighted by molar-refractivity contribution is 0.358. The summed E-state index contributed by atoms with van der Waals surface area (Å²) in [5.41, 5.74) is 8.30. The molecule has 2 aromatic heterocycles. The molecule has 41 heavy (non-hydrogen) atoms. The number of nitrogens with zero attached hydrogens (tertiary/aromatic N) is 1. The van der Waals surface area contributed by atoms with Crippen LogP contribution in [0.2, 0.25) is 0 Å². The lowest BCUT2D eigenvalue weighted by atomic mass is 9.84. The summed E-state index contributed by atoms with van der Waals surface area (Å²) in [6.07, 6.45) is 21.9. The highest BCUT2D eigenvalue weighted by molar-refractivity contribution is 5.84. The molecule has 2 heterocycles. The van der Waals surface area contributed by atoms with Crippen molar-refractivity contribution in [1.82, 2.24) is 15.2 Å². The van der Waals surface area contributed by atoms with Gasteiger partial charge in [0.25, 0.3) is 0 Å².